The maximum Gasteiger partial charge on any atom is 0.247 e. The van der Waals surface area contributed by atoms with E-state index < -0.39 is 15.8 Å². The summed E-state index contributed by atoms with van der Waals surface area (Å²) in [6, 6.07) is 8.99. The lowest BCUT2D eigenvalue weighted by atomic mass is 10.3. The molecule has 0 radical (unpaired) electrons. The SMILES string of the molecule is CCN(Cc1cnc2ccccn12)S(=O)(=O)c1cc(F)ccc1OC. The third-order valence-electron chi connectivity index (χ3n) is 3.93. The number of benzene rings is 1. The number of methoxy groups -OCH3 is 1. The molecule has 0 atom stereocenters. The molecule has 0 saturated carbocycles. The van der Waals surface area contributed by atoms with Gasteiger partial charge in [-0.3, -0.25) is 0 Å². The van der Waals surface area contributed by atoms with Gasteiger partial charge >= 0.3 is 0 Å². The van der Waals surface area contributed by atoms with Gasteiger partial charge in [-0.2, -0.15) is 4.31 Å². The quantitative estimate of drug-likeness (QED) is 0.675. The molecule has 1 aromatic carbocycles. The summed E-state index contributed by atoms with van der Waals surface area (Å²) in [6.45, 7) is 2.07. The van der Waals surface area contributed by atoms with Gasteiger partial charge in [0.2, 0.25) is 10.0 Å². The second-order valence-electron chi connectivity index (χ2n) is 5.40. The van der Waals surface area contributed by atoms with Gasteiger partial charge < -0.3 is 9.14 Å². The third-order valence-corrected chi connectivity index (χ3v) is 5.87. The van der Waals surface area contributed by atoms with Crippen LogP contribution in [-0.4, -0.2) is 35.8 Å². The molecule has 2 heterocycles. The average molecular weight is 363 g/mol. The van der Waals surface area contributed by atoms with E-state index in [1.54, 1.807) is 13.1 Å². The van der Waals surface area contributed by atoms with E-state index in [1.807, 2.05) is 28.8 Å². The van der Waals surface area contributed by atoms with Crippen molar-refractivity contribution in [1.29, 1.82) is 0 Å². The summed E-state index contributed by atoms with van der Waals surface area (Å²) < 4.78 is 47.8. The molecule has 3 aromatic rings. The molecule has 0 amide bonds. The van der Waals surface area contributed by atoms with Crippen molar-refractivity contribution in [1.82, 2.24) is 13.7 Å². The normalized spacial score (nSPS) is 12.0. The molecule has 8 heteroatoms. The van der Waals surface area contributed by atoms with Crippen molar-refractivity contribution in [3.63, 3.8) is 0 Å². The zero-order valence-corrected chi connectivity index (χ0v) is 14.7. The Morgan fingerprint density at radius 3 is 2.80 bits per heavy atom. The number of fused-ring (bicyclic) bond motifs is 1. The zero-order chi connectivity index (χ0) is 18.0. The Balaban J connectivity index is 2.01. The Morgan fingerprint density at radius 2 is 2.08 bits per heavy atom. The minimum Gasteiger partial charge on any atom is -0.495 e. The smallest absolute Gasteiger partial charge is 0.247 e. The fourth-order valence-corrected chi connectivity index (χ4v) is 4.23. The molecular formula is C17H18FN3O3S. The van der Waals surface area contributed by atoms with Gasteiger partial charge in [-0.05, 0) is 30.3 Å². The highest BCUT2D eigenvalue weighted by atomic mass is 32.2. The van der Waals surface area contributed by atoms with E-state index in [9.17, 15) is 12.8 Å². The average Bonchev–Trinajstić information content (AvgIpc) is 3.02. The molecule has 0 fully saturated rings. The second kappa shape index (κ2) is 6.81. The Kier molecular flexibility index (Phi) is 4.73. The summed E-state index contributed by atoms with van der Waals surface area (Å²) in [4.78, 5) is 4.08. The van der Waals surface area contributed by atoms with Gasteiger partial charge in [0.15, 0.2) is 0 Å². The minimum absolute atomic E-state index is 0.109. The first-order valence-electron chi connectivity index (χ1n) is 7.72. The number of hydrogen-bond acceptors (Lipinski definition) is 4. The van der Waals surface area contributed by atoms with Crippen LogP contribution in [0.15, 0.2) is 53.7 Å². The number of halogens is 1. The molecule has 0 N–H and O–H groups in total. The molecular weight excluding hydrogens is 345 g/mol. The predicted molar refractivity (Wildman–Crippen MR) is 91.4 cm³/mol. The van der Waals surface area contributed by atoms with Gasteiger partial charge in [-0.1, -0.05) is 13.0 Å². The van der Waals surface area contributed by atoms with E-state index >= 15 is 0 Å². The number of ether oxygens (including phenoxy) is 1. The van der Waals surface area contributed by atoms with Crippen molar-refractivity contribution in [3.05, 3.63) is 60.3 Å². The van der Waals surface area contributed by atoms with Crippen LogP contribution >= 0.6 is 0 Å². The van der Waals surface area contributed by atoms with Crippen LogP contribution in [0.3, 0.4) is 0 Å². The molecule has 25 heavy (non-hydrogen) atoms. The van der Waals surface area contributed by atoms with E-state index in [1.165, 1.54) is 23.5 Å². The topological polar surface area (TPSA) is 63.9 Å². The van der Waals surface area contributed by atoms with Gasteiger partial charge in [0.1, 0.15) is 22.1 Å². The van der Waals surface area contributed by atoms with Gasteiger partial charge in [0.25, 0.3) is 0 Å². The molecule has 0 unspecified atom stereocenters. The summed E-state index contributed by atoms with van der Waals surface area (Å²) in [5, 5.41) is 0. The van der Waals surface area contributed by atoms with Gasteiger partial charge in [0.05, 0.1) is 25.5 Å². The Morgan fingerprint density at radius 1 is 1.28 bits per heavy atom. The van der Waals surface area contributed by atoms with Crippen molar-refractivity contribution in [3.8, 4) is 5.75 Å². The van der Waals surface area contributed by atoms with E-state index in [2.05, 4.69) is 4.98 Å². The summed E-state index contributed by atoms with van der Waals surface area (Å²) in [5.74, 6) is -0.525. The summed E-state index contributed by atoms with van der Waals surface area (Å²) >= 11 is 0. The first-order valence-corrected chi connectivity index (χ1v) is 9.16. The fraction of sp³-hybridized carbons (Fsp3) is 0.235. The first-order chi connectivity index (χ1) is 12.0. The van der Waals surface area contributed by atoms with Crippen molar-refractivity contribution in [2.75, 3.05) is 13.7 Å². The summed E-state index contributed by atoms with van der Waals surface area (Å²) in [6.07, 6.45) is 3.46. The number of hydrogen-bond donors (Lipinski definition) is 0. The third kappa shape index (κ3) is 3.22. The number of nitrogens with zero attached hydrogens (tertiary/aromatic N) is 3. The maximum atomic E-state index is 13.6. The lowest BCUT2D eigenvalue weighted by molar-refractivity contribution is 0.388. The molecule has 0 saturated heterocycles. The number of rotatable bonds is 6. The largest absolute Gasteiger partial charge is 0.495 e. The number of pyridine rings is 1. The van der Waals surface area contributed by atoms with Crippen LogP contribution in [0.1, 0.15) is 12.6 Å². The lowest BCUT2D eigenvalue weighted by Gasteiger charge is -2.21. The maximum absolute atomic E-state index is 13.6. The number of aromatic nitrogens is 2. The van der Waals surface area contributed by atoms with E-state index in [0.717, 1.165) is 17.4 Å². The zero-order valence-electron chi connectivity index (χ0n) is 13.9. The fourth-order valence-electron chi connectivity index (χ4n) is 2.64. The molecule has 0 spiro atoms. The van der Waals surface area contributed by atoms with Crippen LogP contribution in [-0.2, 0) is 16.6 Å². The lowest BCUT2D eigenvalue weighted by Crippen LogP contribution is -2.31. The molecule has 2 aromatic heterocycles. The van der Waals surface area contributed by atoms with Crippen molar-refractivity contribution >= 4 is 15.7 Å². The van der Waals surface area contributed by atoms with E-state index in [-0.39, 0.29) is 23.7 Å². The van der Waals surface area contributed by atoms with E-state index in [4.69, 9.17) is 4.74 Å². The Bertz CT molecular complexity index is 1000. The monoisotopic (exact) mass is 363 g/mol. The molecule has 0 bridgehead atoms. The van der Waals surface area contributed by atoms with Crippen molar-refractivity contribution in [2.45, 2.75) is 18.4 Å². The van der Waals surface area contributed by atoms with E-state index in [0.29, 0.717) is 0 Å². The van der Waals surface area contributed by atoms with Crippen LogP contribution in [0.25, 0.3) is 5.65 Å². The molecule has 0 aliphatic carbocycles. The van der Waals surface area contributed by atoms with Gasteiger partial charge in [-0.25, -0.2) is 17.8 Å². The van der Waals surface area contributed by atoms with Crippen LogP contribution in [0.2, 0.25) is 0 Å². The second-order valence-corrected chi connectivity index (χ2v) is 7.31. The molecule has 132 valence electrons. The first kappa shape index (κ1) is 17.4. The Hall–Kier alpha value is -2.45. The Labute approximate surface area is 145 Å². The standard InChI is InChI=1S/C17H18FN3O3S/c1-3-20(12-14-11-19-17-6-4-5-9-21(14)17)25(22,23)16-10-13(18)7-8-15(16)24-2/h4-11H,3,12H2,1-2H3. The van der Waals surface area contributed by atoms with Crippen molar-refractivity contribution < 1.29 is 17.5 Å². The van der Waals surface area contributed by atoms with Crippen LogP contribution in [0.4, 0.5) is 4.39 Å². The van der Waals surface area contributed by atoms with Crippen molar-refractivity contribution in [2.24, 2.45) is 0 Å². The highest BCUT2D eigenvalue weighted by Crippen LogP contribution is 2.28. The summed E-state index contributed by atoms with van der Waals surface area (Å²) in [7, 11) is -2.58. The van der Waals surface area contributed by atoms with Gasteiger partial charge in [-0.15, -0.1) is 0 Å². The van der Waals surface area contributed by atoms with Crippen LogP contribution in [0.5, 0.6) is 5.75 Å². The molecule has 6 nitrogen and oxygen atoms in total. The van der Waals surface area contributed by atoms with Crippen LogP contribution in [0, 0.1) is 5.82 Å². The predicted octanol–water partition coefficient (Wildman–Crippen LogP) is 2.69. The number of imidazole rings is 1. The van der Waals surface area contributed by atoms with Gasteiger partial charge in [0, 0.05) is 12.7 Å². The highest BCUT2D eigenvalue weighted by molar-refractivity contribution is 7.89. The number of sulfonamides is 1. The summed E-state index contributed by atoms with van der Waals surface area (Å²) in [5.41, 5.74) is 1.45. The molecule has 0 aliphatic heterocycles. The molecule has 3 rings (SSSR count). The van der Waals surface area contributed by atoms with Crippen LogP contribution < -0.4 is 4.74 Å². The minimum atomic E-state index is -3.93. The highest BCUT2D eigenvalue weighted by Gasteiger charge is 2.28. The molecule has 0 aliphatic rings.